The Balaban J connectivity index is 1.69. The van der Waals surface area contributed by atoms with Gasteiger partial charge in [0.1, 0.15) is 5.69 Å². The third-order valence-electron chi connectivity index (χ3n) is 4.89. The van der Waals surface area contributed by atoms with E-state index < -0.39 is 0 Å². The summed E-state index contributed by atoms with van der Waals surface area (Å²) in [6, 6.07) is 2.20. The van der Waals surface area contributed by atoms with Crippen LogP contribution in [0, 0.1) is 19.8 Å². The van der Waals surface area contributed by atoms with Crippen LogP contribution in [-0.2, 0) is 7.05 Å². The van der Waals surface area contributed by atoms with Crippen LogP contribution >= 0.6 is 0 Å². The molecule has 1 fully saturated rings. The molecular weight excluding hydrogens is 304 g/mol. The molecule has 1 aliphatic carbocycles. The van der Waals surface area contributed by atoms with Gasteiger partial charge in [0.2, 0.25) is 0 Å². The molecule has 2 aromatic rings. The van der Waals surface area contributed by atoms with Crippen molar-refractivity contribution in [3.8, 4) is 11.3 Å². The van der Waals surface area contributed by atoms with Crippen molar-refractivity contribution in [3.05, 3.63) is 23.1 Å². The van der Waals surface area contributed by atoms with E-state index in [0.29, 0.717) is 24.2 Å². The van der Waals surface area contributed by atoms with E-state index in [1.807, 2.05) is 25.6 Å². The normalized spacial score (nSPS) is 15.8. The van der Waals surface area contributed by atoms with Gasteiger partial charge in [-0.15, -0.1) is 0 Å². The third kappa shape index (κ3) is 3.21. The van der Waals surface area contributed by atoms with Crippen molar-refractivity contribution in [3.63, 3.8) is 0 Å². The fourth-order valence-corrected chi connectivity index (χ4v) is 3.25. The molecule has 7 nitrogen and oxygen atoms in total. The maximum atomic E-state index is 12.4. The van der Waals surface area contributed by atoms with Gasteiger partial charge in [0.05, 0.1) is 11.4 Å². The first kappa shape index (κ1) is 16.7. The van der Waals surface area contributed by atoms with Gasteiger partial charge >= 0.3 is 0 Å². The summed E-state index contributed by atoms with van der Waals surface area (Å²) in [7, 11) is 6.04. The molecule has 2 N–H and O–H groups in total. The van der Waals surface area contributed by atoms with Crippen molar-refractivity contribution in [2.75, 3.05) is 20.6 Å². The Morgan fingerprint density at radius 1 is 1.46 bits per heavy atom. The van der Waals surface area contributed by atoms with Gasteiger partial charge in [0.25, 0.3) is 5.91 Å². The van der Waals surface area contributed by atoms with Crippen molar-refractivity contribution >= 4 is 5.91 Å². The van der Waals surface area contributed by atoms with Gasteiger partial charge in [0, 0.05) is 30.9 Å². The minimum atomic E-state index is -0.111. The number of hydrogen-bond donors (Lipinski definition) is 2. The van der Waals surface area contributed by atoms with Crippen molar-refractivity contribution in [2.24, 2.45) is 13.0 Å². The van der Waals surface area contributed by atoms with Gasteiger partial charge in [-0.25, -0.2) is 0 Å². The van der Waals surface area contributed by atoms with Crippen LogP contribution in [0.4, 0.5) is 0 Å². The first-order valence-electron chi connectivity index (χ1n) is 8.39. The van der Waals surface area contributed by atoms with E-state index in [1.54, 1.807) is 6.07 Å². The zero-order valence-electron chi connectivity index (χ0n) is 15.1. The number of nitrogens with zero attached hydrogens (tertiary/aromatic N) is 4. The zero-order chi connectivity index (χ0) is 17.4. The summed E-state index contributed by atoms with van der Waals surface area (Å²) in [5, 5.41) is 14.6. The predicted molar refractivity (Wildman–Crippen MR) is 92.8 cm³/mol. The molecule has 7 heteroatoms. The monoisotopic (exact) mass is 330 g/mol. The Morgan fingerprint density at radius 2 is 2.17 bits per heavy atom. The number of nitrogens with one attached hydrogen (secondary N) is 2. The number of carbonyl (C=O) groups is 1. The summed E-state index contributed by atoms with van der Waals surface area (Å²) in [5.74, 6) is 0.596. The summed E-state index contributed by atoms with van der Waals surface area (Å²) < 4.78 is 1.83. The smallest absolute Gasteiger partial charge is 0.269 e. The van der Waals surface area contributed by atoms with E-state index in [9.17, 15) is 4.79 Å². The Morgan fingerprint density at radius 3 is 2.71 bits per heavy atom. The molecule has 0 radical (unpaired) electrons. The molecule has 1 amide bonds. The Hall–Kier alpha value is -2.15. The summed E-state index contributed by atoms with van der Waals surface area (Å²) >= 11 is 0. The molecule has 130 valence electrons. The average Bonchev–Trinajstić information content (AvgIpc) is 3.17. The van der Waals surface area contributed by atoms with Crippen LogP contribution < -0.4 is 5.32 Å². The quantitative estimate of drug-likeness (QED) is 0.841. The first-order chi connectivity index (χ1) is 11.4. The summed E-state index contributed by atoms with van der Waals surface area (Å²) in [5.41, 5.74) is 4.18. The SMILES string of the molecule is Cc1nn(C)c(C)c1-c1cc(C(=O)NCC(C2CC2)N(C)C)[nH]n1. The Bertz CT molecular complexity index is 738. The average molecular weight is 330 g/mol. The lowest BCUT2D eigenvalue weighted by molar-refractivity contribution is 0.0934. The molecule has 3 rings (SSSR count). The van der Waals surface area contributed by atoms with E-state index in [1.165, 1.54) is 12.8 Å². The van der Waals surface area contributed by atoms with Gasteiger partial charge in [-0.3, -0.25) is 14.6 Å². The van der Waals surface area contributed by atoms with Crippen LogP contribution in [-0.4, -0.2) is 57.5 Å². The summed E-state index contributed by atoms with van der Waals surface area (Å²) in [4.78, 5) is 14.6. The molecule has 1 atom stereocenters. The number of likely N-dealkylation sites (N-methyl/N-ethyl adjacent to an activating group) is 1. The topological polar surface area (TPSA) is 78.8 Å². The molecular formula is C17H26N6O. The molecule has 24 heavy (non-hydrogen) atoms. The van der Waals surface area contributed by atoms with Gasteiger partial charge in [-0.05, 0) is 52.8 Å². The number of aromatic amines is 1. The third-order valence-corrected chi connectivity index (χ3v) is 4.89. The fraction of sp³-hybridized carbons (Fsp3) is 0.588. The van der Waals surface area contributed by atoms with Gasteiger partial charge in [-0.1, -0.05) is 0 Å². The van der Waals surface area contributed by atoms with Crippen molar-refractivity contribution in [1.29, 1.82) is 0 Å². The Labute approximate surface area is 142 Å². The molecule has 2 heterocycles. The van der Waals surface area contributed by atoms with Crippen LogP contribution in [0.1, 0.15) is 34.7 Å². The number of aromatic nitrogens is 4. The second-order valence-electron chi connectivity index (χ2n) is 6.91. The molecule has 0 aromatic carbocycles. The number of hydrogen-bond acceptors (Lipinski definition) is 4. The summed E-state index contributed by atoms with van der Waals surface area (Å²) in [6.45, 7) is 4.62. The lowest BCUT2D eigenvalue weighted by Crippen LogP contribution is -2.41. The first-order valence-corrected chi connectivity index (χ1v) is 8.39. The van der Waals surface area contributed by atoms with E-state index in [-0.39, 0.29) is 5.91 Å². The van der Waals surface area contributed by atoms with Crippen LogP contribution in [0.15, 0.2) is 6.07 Å². The number of carbonyl (C=O) groups excluding carboxylic acids is 1. The second-order valence-corrected chi connectivity index (χ2v) is 6.91. The minimum Gasteiger partial charge on any atom is -0.349 e. The maximum absolute atomic E-state index is 12.4. The molecule has 0 bridgehead atoms. The maximum Gasteiger partial charge on any atom is 0.269 e. The highest BCUT2D eigenvalue weighted by Gasteiger charge is 2.32. The highest BCUT2D eigenvalue weighted by molar-refractivity contribution is 5.93. The van der Waals surface area contributed by atoms with Crippen molar-refractivity contribution < 1.29 is 4.79 Å². The highest BCUT2D eigenvalue weighted by atomic mass is 16.1. The number of H-pyrrole nitrogens is 1. The van der Waals surface area contributed by atoms with Gasteiger partial charge in [0.15, 0.2) is 0 Å². The van der Waals surface area contributed by atoms with E-state index in [0.717, 1.165) is 22.6 Å². The van der Waals surface area contributed by atoms with Crippen LogP contribution in [0.25, 0.3) is 11.3 Å². The number of amides is 1. The largest absolute Gasteiger partial charge is 0.349 e. The number of aryl methyl sites for hydroxylation is 2. The number of rotatable bonds is 6. The van der Waals surface area contributed by atoms with Crippen molar-refractivity contribution in [1.82, 2.24) is 30.2 Å². The lowest BCUT2D eigenvalue weighted by atomic mass is 10.1. The van der Waals surface area contributed by atoms with Crippen LogP contribution in [0.2, 0.25) is 0 Å². The van der Waals surface area contributed by atoms with Gasteiger partial charge < -0.3 is 10.2 Å². The molecule has 0 aliphatic heterocycles. The molecule has 0 saturated heterocycles. The Kier molecular flexibility index (Phi) is 4.45. The fourth-order valence-electron chi connectivity index (χ4n) is 3.25. The molecule has 2 aromatic heterocycles. The summed E-state index contributed by atoms with van der Waals surface area (Å²) in [6.07, 6.45) is 2.51. The highest BCUT2D eigenvalue weighted by Crippen LogP contribution is 2.34. The molecule has 1 aliphatic rings. The van der Waals surface area contributed by atoms with E-state index >= 15 is 0 Å². The van der Waals surface area contributed by atoms with Crippen LogP contribution in [0.3, 0.4) is 0 Å². The van der Waals surface area contributed by atoms with E-state index in [4.69, 9.17) is 0 Å². The lowest BCUT2D eigenvalue weighted by Gasteiger charge is -2.24. The minimum absolute atomic E-state index is 0.111. The zero-order valence-corrected chi connectivity index (χ0v) is 15.1. The molecule has 0 spiro atoms. The van der Waals surface area contributed by atoms with Crippen molar-refractivity contribution in [2.45, 2.75) is 32.7 Å². The van der Waals surface area contributed by atoms with Gasteiger partial charge in [-0.2, -0.15) is 10.2 Å². The molecule has 1 saturated carbocycles. The predicted octanol–water partition coefficient (Wildman–Crippen LogP) is 1.50. The van der Waals surface area contributed by atoms with E-state index in [2.05, 4.69) is 39.6 Å². The van der Waals surface area contributed by atoms with Crippen LogP contribution in [0.5, 0.6) is 0 Å². The standard InChI is InChI=1S/C17H26N6O/c1-10-16(11(2)23(5)21-10)13-8-14(20-19-13)17(24)18-9-15(22(3)4)12-6-7-12/h8,12,15H,6-7,9H2,1-5H3,(H,18,24)(H,19,20). The molecule has 1 unspecified atom stereocenters. The second kappa shape index (κ2) is 6.39.